The van der Waals surface area contributed by atoms with Gasteiger partial charge in [0.15, 0.2) is 0 Å². The molecule has 0 bridgehead atoms. The Kier molecular flexibility index (Phi) is 4.65. The van der Waals surface area contributed by atoms with E-state index in [2.05, 4.69) is 15.3 Å². The largest absolute Gasteiger partial charge is 0.444 e. The molecule has 1 N–H and O–H groups in total. The fourth-order valence-electron chi connectivity index (χ4n) is 2.29. The summed E-state index contributed by atoms with van der Waals surface area (Å²) < 4.78 is 5.39. The van der Waals surface area contributed by atoms with Crippen LogP contribution in [0.3, 0.4) is 0 Å². The van der Waals surface area contributed by atoms with E-state index in [-0.39, 0.29) is 6.09 Å². The van der Waals surface area contributed by atoms with Gasteiger partial charge in [0.1, 0.15) is 11.4 Å². The molecule has 1 saturated heterocycles. The Balaban J connectivity index is 1.79. The fraction of sp³-hybridized carbons (Fsp3) is 0.667. The minimum atomic E-state index is -0.440. The van der Waals surface area contributed by atoms with E-state index < -0.39 is 5.60 Å². The lowest BCUT2D eigenvalue weighted by molar-refractivity contribution is 0.0289. The number of nitrogens with one attached hydrogen (secondary N) is 1. The third-order valence-electron chi connectivity index (χ3n) is 3.26. The standard InChI is InChI=1S/C15H24N4O2/c1-11-7-16-9-13(18-11)17-8-12-5-6-19(10-12)14(20)21-15(2,3)4/h7,9,12H,5-6,8,10H2,1-4H3,(H,17,18)/t12-/m1/s1. The van der Waals surface area contributed by atoms with Gasteiger partial charge in [-0.05, 0) is 40.0 Å². The van der Waals surface area contributed by atoms with Crippen LogP contribution in [-0.4, -0.2) is 46.2 Å². The van der Waals surface area contributed by atoms with Gasteiger partial charge in [0.05, 0.1) is 11.9 Å². The Hall–Kier alpha value is -1.85. The van der Waals surface area contributed by atoms with E-state index in [4.69, 9.17) is 4.74 Å². The maximum atomic E-state index is 12.0. The number of anilines is 1. The summed E-state index contributed by atoms with van der Waals surface area (Å²) in [6.07, 6.45) is 4.20. The van der Waals surface area contributed by atoms with Crippen molar-refractivity contribution < 1.29 is 9.53 Å². The van der Waals surface area contributed by atoms with Crippen LogP contribution in [0.1, 0.15) is 32.9 Å². The van der Waals surface area contributed by atoms with Crippen LogP contribution in [0.2, 0.25) is 0 Å². The number of aryl methyl sites for hydroxylation is 1. The van der Waals surface area contributed by atoms with Crippen LogP contribution >= 0.6 is 0 Å². The van der Waals surface area contributed by atoms with E-state index in [1.54, 1.807) is 17.3 Å². The van der Waals surface area contributed by atoms with Crippen molar-refractivity contribution in [3.8, 4) is 0 Å². The van der Waals surface area contributed by atoms with E-state index >= 15 is 0 Å². The number of hydrogen-bond acceptors (Lipinski definition) is 5. The van der Waals surface area contributed by atoms with Crippen LogP contribution in [0.15, 0.2) is 12.4 Å². The summed E-state index contributed by atoms with van der Waals surface area (Å²) in [5.74, 6) is 1.20. The molecular formula is C15H24N4O2. The quantitative estimate of drug-likeness (QED) is 0.927. The first-order chi connectivity index (χ1) is 9.83. The second-order valence-electron chi connectivity index (χ2n) is 6.51. The fourth-order valence-corrected chi connectivity index (χ4v) is 2.29. The molecule has 2 heterocycles. The van der Waals surface area contributed by atoms with Gasteiger partial charge in [-0.1, -0.05) is 0 Å². The van der Waals surface area contributed by atoms with Gasteiger partial charge in [-0.25, -0.2) is 9.78 Å². The maximum absolute atomic E-state index is 12.0. The SMILES string of the molecule is Cc1cncc(NC[C@H]2CCN(C(=O)OC(C)(C)C)C2)n1. The highest BCUT2D eigenvalue weighted by atomic mass is 16.6. The van der Waals surface area contributed by atoms with Crippen LogP contribution in [0.4, 0.5) is 10.6 Å². The van der Waals surface area contributed by atoms with Crippen molar-refractivity contribution in [1.29, 1.82) is 0 Å². The molecule has 1 aliphatic rings. The smallest absolute Gasteiger partial charge is 0.410 e. The topological polar surface area (TPSA) is 67.4 Å². The van der Waals surface area contributed by atoms with Crippen molar-refractivity contribution in [3.63, 3.8) is 0 Å². The molecule has 6 heteroatoms. The predicted octanol–water partition coefficient (Wildman–Crippen LogP) is 2.45. The molecule has 1 aromatic rings. The molecule has 0 aliphatic carbocycles. The predicted molar refractivity (Wildman–Crippen MR) is 81.2 cm³/mol. The van der Waals surface area contributed by atoms with Crippen molar-refractivity contribution in [2.24, 2.45) is 5.92 Å². The lowest BCUT2D eigenvalue weighted by Crippen LogP contribution is -2.35. The van der Waals surface area contributed by atoms with Crippen LogP contribution in [0.5, 0.6) is 0 Å². The summed E-state index contributed by atoms with van der Waals surface area (Å²) in [7, 11) is 0. The Morgan fingerprint density at radius 1 is 1.48 bits per heavy atom. The normalized spacial score (nSPS) is 18.7. The molecule has 116 valence electrons. The number of nitrogens with zero attached hydrogens (tertiary/aromatic N) is 3. The number of aromatic nitrogens is 2. The van der Waals surface area contributed by atoms with Gasteiger partial charge in [0, 0.05) is 25.8 Å². The minimum Gasteiger partial charge on any atom is -0.444 e. The molecule has 21 heavy (non-hydrogen) atoms. The van der Waals surface area contributed by atoms with Gasteiger partial charge >= 0.3 is 6.09 Å². The first kappa shape index (κ1) is 15.5. The van der Waals surface area contributed by atoms with E-state index in [1.165, 1.54) is 0 Å². The van der Waals surface area contributed by atoms with E-state index in [9.17, 15) is 4.79 Å². The maximum Gasteiger partial charge on any atom is 0.410 e. The molecule has 0 aromatic carbocycles. The molecule has 1 fully saturated rings. The zero-order valence-electron chi connectivity index (χ0n) is 13.2. The van der Waals surface area contributed by atoms with Gasteiger partial charge in [-0.15, -0.1) is 0 Å². The van der Waals surface area contributed by atoms with Crippen molar-refractivity contribution in [1.82, 2.24) is 14.9 Å². The highest BCUT2D eigenvalue weighted by Crippen LogP contribution is 2.19. The summed E-state index contributed by atoms with van der Waals surface area (Å²) in [6.45, 7) is 9.83. The van der Waals surface area contributed by atoms with Gasteiger partial charge in [-0.2, -0.15) is 0 Å². The molecule has 0 spiro atoms. The van der Waals surface area contributed by atoms with Crippen LogP contribution < -0.4 is 5.32 Å². The van der Waals surface area contributed by atoms with Gasteiger partial charge in [-0.3, -0.25) is 4.98 Å². The highest BCUT2D eigenvalue weighted by Gasteiger charge is 2.29. The van der Waals surface area contributed by atoms with Crippen molar-refractivity contribution in [2.45, 2.75) is 39.7 Å². The Morgan fingerprint density at radius 3 is 2.90 bits per heavy atom. The summed E-state index contributed by atoms with van der Waals surface area (Å²) in [6, 6.07) is 0. The van der Waals surface area contributed by atoms with Gasteiger partial charge < -0.3 is 15.0 Å². The molecule has 1 amide bonds. The van der Waals surface area contributed by atoms with E-state index in [1.807, 2.05) is 27.7 Å². The monoisotopic (exact) mass is 292 g/mol. The molecular weight excluding hydrogens is 268 g/mol. The zero-order valence-corrected chi connectivity index (χ0v) is 13.2. The number of carbonyl (C=O) groups excluding carboxylic acids is 1. The highest BCUT2D eigenvalue weighted by molar-refractivity contribution is 5.68. The summed E-state index contributed by atoms with van der Waals surface area (Å²) in [5, 5.41) is 3.28. The second kappa shape index (κ2) is 6.28. The average Bonchev–Trinajstić information content (AvgIpc) is 2.83. The van der Waals surface area contributed by atoms with E-state index in [0.29, 0.717) is 5.92 Å². The number of carbonyl (C=O) groups is 1. The number of amides is 1. The Bertz CT molecular complexity index is 499. The number of likely N-dealkylation sites (tertiary alicyclic amines) is 1. The van der Waals surface area contributed by atoms with E-state index in [0.717, 1.165) is 37.6 Å². The lowest BCUT2D eigenvalue weighted by Gasteiger charge is -2.24. The molecule has 6 nitrogen and oxygen atoms in total. The third-order valence-corrected chi connectivity index (χ3v) is 3.26. The van der Waals surface area contributed by atoms with Gasteiger partial charge in [0.2, 0.25) is 0 Å². The van der Waals surface area contributed by atoms with Crippen LogP contribution in [0, 0.1) is 12.8 Å². The lowest BCUT2D eigenvalue weighted by atomic mass is 10.1. The Labute approximate surface area is 125 Å². The number of hydrogen-bond donors (Lipinski definition) is 1. The van der Waals surface area contributed by atoms with Crippen molar-refractivity contribution in [2.75, 3.05) is 25.0 Å². The molecule has 1 aliphatic heterocycles. The molecule has 0 unspecified atom stereocenters. The molecule has 2 rings (SSSR count). The number of ether oxygens (including phenoxy) is 1. The van der Waals surface area contributed by atoms with Crippen LogP contribution in [0.25, 0.3) is 0 Å². The first-order valence-corrected chi connectivity index (χ1v) is 7.34. The number of rotatable bonds is 3. The first-order valence-electron chi connectivity index (χ1n) is 7.34. The molecule has 0 saturated carbocycles. The van der Waals surface area contributed by atoms with Crippen LogP contribution in [-0.2, 0) is 4.74 Å². The zero-order chi connectivity index (χ0) is 15.5. The molecule has 1 aromatic heterocycles. The summed E-state index contributed by atoms with van der Waals surface area (Å²) in [4.78, 5) is 22.2. The Morgan fingerprint density at radius 2 is 2.24 bits per heavy atom. The second-order valence-corrected chi connectivity index (χ2v) is 6.51. The third kappa shape index (κ3) is 4.88. The molecule has 0 radical (unpaired) electrons. The van der Waals surface area contributed by atoms with Gasteiger partial charge in [0.25, 0.3) is 0 Å². The van der Waals surface area contributed by atoms with Crippen molar-refractivity contribution in [3.05, 3.63) is 18.1 Å². The van der Waals surface area contributed by atoms with Crippen molar-refractivity contribution >= 4 is 11.9 Å². The summed E-state index contributed by atoms with van der Waals surface area (Å²) >= 11 is 0. The molecule has 1 atom stereocenters. The summed E-state index contributed by atoms with van der Waals surface area (Å²) in [5.41, 5.74) is 0.451. The minimum absolute atomic E-state index is 0.222. The average molecular weight is 292 g/mol.